The van der Waals surface area contributed by atoms with Gasteiger partial charge in [-0.05, 0) is 11.4 Å². The lowest BCUT2D eigenvalue weighted by atomic mass is 10.2. The van der Waals surface area contributed by atoms with E-state index in [4.69, 9.17) is 4.74 Å². The molecule has 22 heavy (non-hydrogen) atoms. The highest BCUT2D eigenvalue weighted by molar-refractivity contribution is 7.10. The highest BCUT2D eigenvalue weighted by Gasteiger charge is 2.27. The molecule has 3 rings (SSSR count). The number of carbonyl (C=O) groups excluding carboxylic acids is 2. The molecule has 120 valence electrons. The van der Waals surface area contributed by atoms with E-state index < -0.39 is 0 Å². The van der Waals surface area contributed by atoms with Crippen molar-refractivity contribution in [2.45, 2.75) is 6.42 Å². The summed E-state index contributed by atoms with van der Waals surface area (Å²) in [4.78, 5) is 31.3. The molecule has 6 nitrogen and oxygen atoms in total. The normalized spacial score (nSPS) is 19.4. The molecular formula is C15H21N3O3S. The number of nitrogens with zero attached hydrogens (tertiary/aromatic N) is 3. The number of ether oxygens (including phenoxy) is 1. The quantitative estimate of drug-likeness (QED) is 0.812. The van der Waals surface area contributed by atoms with Crippen molar-refractivity contribution in [1.29, 1.82) is 0 Å². The van der Waals surface area contributed by atoms with Gasteiger partial charge in [0.1, 0.15) is 0 Å². The summed E-state index contributed by atoms with van der Waals surface area (Å²) in [6.45, 7) is 5.04. The molecule has 0 aliphatic carbocycles. The monoisotopic (exact) mass is 323 g/mol. The second-order valence-corrected chi connectivity index (χ2v) is 6.54. The van der Waals surface area contributed by atoms with E-state index in [0.717, 1.165) is 4.88 Å². The number of thiophene rings is 1. The summed E-state index contributed by atoms with van der Waals surface area (Å²) < 4.78 is 5.27. The lowest BCUT2D eigenvalue weighted by Crippen LogP contribution is -2.55. The number of rotatable bonds is 2. The predicted molar refractivity (Wildman–Crippen MR) is 84.0 cm³/mol. The summed E-state index contributed by atoms with van der Waals surface area (Å²) in [5, 5.41) is 1.99. The van der Waals surface area contributed by atoms with E-state index in [-0.39, 0.29) is 11.9 Å². The SMILES string of the molecule is O=C(Cc1cccs1)N1CCN(C(=O)N2CCOCC2)CC1. The minimum atomic E-state index is 0.0775. The first-order valence-electron chi connectivity index (χ1n) is 7.66. The standard InChI is InChI=1S/C15H21N3O3S/c19-14(12-13-2-1-11-22-13)16-3-5-17(6-4-16)15(20)18-7-9-21-10-8-18/h1-2,11H,3-10,12H2. The first-order chi connectivity index (χ1) is 10.7. The molecule has 0 unspecified atom stereocenters. The van der Waals surface area contributed by atoms with Gasteiger partial charge in [0.25, 0.3) is 0 Å². The average molecular weight is 323 g/mol. The third kappa shape index (κ3) is 3.59. The highest BCUT2D eigenvalue weighted by Crippen LogP contribution is 2.13. The highest BCUT2D eigenvalue weighted by atomic mass is 32.1. The lowest BCUT2D eigenvalue weighted by Gasteiger charge is -2.38. The van der Waals surface area contributed by atoms with Gasteiger partial charge in [-0.1, -0.05) is 6.07 Å². The molecule has 1 aromatic heterocycles. The summed E-state index contributed by atoms with van der Waals surface area (Å²) in [7, 11) is 0. The molecule has 3 amide bonds. The molecule has 0 spiro atoms. The Bertz CT molecular complexity index is 506. The summed E-state index contributed by atoms with van der Waals surface area (Å²) >= 11 is 1.61. The van der Waals surface area contributed by atoms with Crippen molar-refractivity contribution in [1.82, 2.24) is 14.7 Å². The summed E-state index contributed by atoms with van der Waals surface area (Å²) in [5.41, 5.74) is 0. The van der Waals surface area contributed by atoms with E-state index in [1.807, 2.05) is 32.2 Å². The summed E-state index contributed by atoms with van der Waals surface area (Å²) in [6, 6.07) is 4.03. The van der Waals surface area contributed by atoms with Gasteiger partial charge in [-0.2, -0.15) is 0 Å². The average Bonchev–Trinajstić information content (AvgIpc) is 3.08. The van der Waals surface area contributed by atoms with Crippen LogP contribution in [0.15, 0.2) is 17.5 Å². The van der Waals surface area contributed by atoms with Crippen LogP contribution in [0.2, 0.25) is 0 Å². The van der Waals surface area contributed by atoms with Crippen LogP contribution in [0.3, 0.4) is 0 Å². The van der Waals surface area contributed by atoms with Gasteiger partial charge in [0.2, 0.25) is 5.91 Å². The van der Waals surface area contributed by atoms with Crippen LogP contribution in [0.25, 0.3) is 0 Å². The predicted octanol–water partition coefficient (Wildman–Crippen LogP) is 0.887. The van der Waals surface area contributed by atoms with Gasteiger partial charge in [-0.15, -0.1) is 11.3 Å². The van der Waals surface area contributed by atoms with E-state index in [2.05, 4.69) is 0 Å². The Hall–Kier alpha value is -1.60. The van der Waals surface area contributed by atoms with Crippen LogP contribution in [0.4, 0.5) is 4.79 Å². The van der Waals surface area contributed by atoms with Crippen molar-refractivity contribution in [2.24, 2.45) is 0 Å². The fraction of sp³-hybridized carbons (Fsp3) is 0.600. The molecule has 0 saturated carbocycles. The maximum atomic E-state index is 12.4. The van der Waals surface area contributed by atoms with E-state index in [0.29, 0.717) is 58.9 Å². The Morgan fingerprint density at radius 3 is 2.27 bits per heavy atom. The topological polar surface area (TPSA) is 53.1 Å². The van der Waals surface area contributed by atoms with Crippen molar-refractivity contribution < 1.29 is 14.3 Å². The number of carbonyl (C=O) groups is 2. The van der Waals surface area contributed by atoms with Crippen molar-refractivity contribution in [3.8, 4) is 0 Å². The zero-order valence-electron chi connectivity index (χ0n) is 12.6. The molecule has 0 bridgehead atoms. The Balaban J connectivity index is 1.47. The molecule has 3 heterocycles. The molecule has 0 N–H and O–H groups in total. The minimum Gasteiger partial charge on any atom is -0.378 e. The van der Waals surface area contributed by atoms with Crippen LogP contribution in [0.5, 0.6) is 0 Å². The Labute approximate surface area is 134 Å². The first-order valence-corrected chi connectivity index (χ1v) is 8.54. The van der Waals surface area contributed by atoms with Gasteiger partial charge < -0.3 is 19.4 Å². The Morgan fingerprint density at radius 1 is 1.00 bits per heavy atom. The Morgan fingerprint density at radius 2 is 1.64 bits per heavy atom. The summed E-state index contributed by atoms with van der Waals surface area (Å²) in [6.07, 6.45) is 0.467. The molecule has 0 radical (unpaired) electrons. The number of amides is 3. The maximum absolute atomic E-state index is 12.4. The number of hydrogen-bond donors (Lipinski definition) is 0. The minimum absolute atomic E-state index is 0.0775. The van der Waals surface area contributed by atoms with Gasteiger partial charge in [0.15, 0.2) is 0 Å². The lowest BCUT2D eigenvalue weighted by molar-refractivity contribution is -0.131. The molecule has 2 aliphatic rings. The first kappa shape index (κ1) is 15.3. The van der Waals surface area contributed by atoms with Crippen molar-refractivity contribution in [3.63, 3.8) is 0 Å². The molecule has 2 aliphatic heterocycles. The van der Waals surface area contributed by atoms with Crippen LogP contribution in [-0.4, -0.2) is 79.1 Å². The summed E-state index contributed by atoms with van der Waals surface area (Å²) in [5.74, 6) is 0.154. The van der Waals surface area contributed by atoms with Gasteiger partial charge in [0.05, 0.1) is 19.6 Å². The second kappa shape index (κ2) is 7.11. The molecule has 7 heteroatoms. The number of hydrogen-bond acceptors (Lipinski definition) is 4. The van der Waals surface area contributed by atoms with Crippen LogP contribution in [0.1, 0.15) is 4.88 Å². The van der Waals surface area contributed by atoms with Gasteiger partial charge >= 0.3 is 6.03 Å². The second-order valence-electron chi connectivity index (χ2n) is 5.51. The molecule has 0 aromatic carbocycles. The van der Waals surface area contributed by atoms with E-state index in [9.17, 15) is 9.59 Å². The van der Waals surface area contributed by atoms with Crippen molar-refractivity contribution in [2.75, 3.05) is 52.5 Å². The molecule has 2 fully saturated rings. The van der Waals surface area contributed by atoms with Gasteiger partial charge in [-0.25, -0.2) is 4.79 Å². The van der Waals surface area contributed by atoms with Crippen LogP contribution >= 0.6 is 11.3 Å². The third-order valence-electron chi connectivity index (χ3n) is 4.09. The van der Waals surface area contributed by atoms with Crippen LogP contribution < -0.4 is 0 Å². The number of urea groups is 1. The maximum Gasteiger partial charge on any atom is 0.320 e. The van der Waals surface area contributed by atoms with Gasteiger partial charge in [-0.3, -0.25) is 4.79 Å². The van der Waals surface area contributed by atoms with E-state index >= 15 is 0 Å². The number of piperazine rings is 1. The Kier molecular flexibility index (Phi) is 4.94. The van der Waals surface area contributed by atoms with Crippen LogP contribution in [0, 0.1) is 0 Å². The van der Waals surface area contributed by atoms with E-state index in [1.165, 1.54) is 0 Å². The smallest absolute Gasteiger partial charge is 0.320 e. The van der Waals surface area contributed by atoms with Crippen molar-refractivity contribution >= 4 is 23.3 Å². The number of morpholine rings is 1. The van der Waals surface area contributed by atoms with Gasteiger partial charge in [0, 0.05) is 44.1 Å². The molecule has 0 atom stereocenters. The largest absolute Gasteiger partial charge is 0.378 e. The molecule has 2 saturated heterocycles. The third-order valence-corrected chi connectivity index (χ3v) is 4.97. The molecule has 1 aromatic rings. The van der Waals surface area contributed by atoms with E-state index in [1.54, 1.807) is 11.3 Å². The zero-order valence-corrected chi connectivity index (χ0v) is 13.4. The fourth-order valence-electron chi connectivity index (χ4n) is 2.78. The fourth-order valence-corrected chi connectivity index (χ4v) is 3.47. The van der Waals surface area contributed by atoms with Crippen molar-refractivity contribution in [3.05, 3.63) is 22.4 Å². The zero-order chi connectivity index (χ0) is 15.4. The van der Waals surface area contributed by atoms with Crippen LogP contribution in [-0.2, 0) is 16.0 Å². The molecular weight excluding hydrogens is 302 g/mol.